The Morgan fingerprint density at radius 1 is 1.47 bits per heavy atom. The van der Waals surface area contributed by atoms with E-state index < -0.39 is 4.92 Å². The number of benzene rings is 1. The summed E-state index contributed by atoms with van der Waals surface area (Å²) >= 11 is 0. The van der Waals surface area contributed by atoms with E-state index in [0.717, 1.165) is 6.42 Å². The van der Waals surface area contributed by atoms with Gasteiger partial charge in [-0.05, 0) is 12.5 Å². The molecule has 0 N–H and O–H groups in total. The van der Waals surface area contributed by atoms with Gasteiger partial charge in [-0.25, -0.2) is 0 Å². The topological polar surface area (TPSA) is 72.7 Å². The molecule has 6 heteroatoms. The van der Waals surface area contributed by atoms with Crippen LogP contribution >= 0.6 is 0 Å². The number of anilines is 1. The standard InChI is InChI=1S/C11H12N2O4/c1-17-10-7-8(4-5-9(10)13(15)16)12-6-2-3-11(12)14/h4-5,7H,2-3,6H2,1H3. The predicted octanol–water partition coefficient (Wildman–Crippen LogP) is 1.73. The fraction of sp³-hybridized carbons (Fsp3) is 0.364. The quantitative estimate of drug-likeness (QED) is 0.591. The van der Waals surface area contributed by atoms with Gasteiger partial charge in [-0.15, -0.1) is 0 Å². The Bertz CT molecular complexity index is 473. The van der Waals surface area contributed by atoms with Crippen LogP contribution in [0.2, 0.25) is 0 Å². The van der Waals surface area contributed by atoms with Crippen LogP contribution < -0.4 is 9.64 Å². The molecule has 0 radical (unpaired) electrons. The Morgan fingerprint density at radius 2 is 2.24 bits per heavy atom. The van der Waals surface area contributed by atoms with Crippen molar-refractivity contribution in [3.8, 4) is 5.75 Å². The van der Waals surface area contributed by atoms with Gasteiger partial charge in [0, 0.05) is 30.8 Å². The number of nitrogens with zero attached hydrogens (tertiary/aromatic N) is 2. The van der Waals surface area contributed by atoms with Gasteiger partial charge in [0.05, 0.1) is 12.0 Å². The van der Waals surface area contributed by atoms with Crippen molar-refractivity contribution in [1.29, 1.82) is 0 Å². The van der Waals surface area contributed by atoms with Crippen molar-refractivity contribution in [1.82, 2.24) is 0 Å². The first kappa shape index (κ1) is 11.4. The highest BCUT2D eigenvalue weighted by Gasteiger charge is 2.24. The summed E-state index contributed by atoms with van der Waals surface area (Å²) in [4.78, 5) is 23.4. The molecule has 0 spiro atoms. The highest BCUT2D eigenvalue weighted by Crippen LogP contribution is 2.32. The monoisotopic (exact) mass is 236 g/mol. The molecule has 0 bridgehead atoms. The number of amides is 1. The minimum Gasteiger partial charge on any atom is -0.490 e. The molecule has 0 atom stereocenters. The van der Waals surface area contributed by atoms with E-state index in [2.05, 4.69) is 0 Å². The number of hydrogen-bond acceptors (Lipinski definition) is 4. The first-order valence-corrected chi connectivity index (χ1v) is 5.26. The zero-order valence-electron chi connectivity index (χ0n) is 9.38. The minimum atomic E-state index is -0.506. The molecule has 1 amide bonds. The molecule has 1 aliphatic rings. The van der Waals surface area contributed by atoms with E-state index >= 15 is 0 Å². The van der Waals surface area contributed by atoms with Crippen LogP contribution in [0, 0.1) is 10.1 Å². The molecule has 0 saturated carbocycles. The fourth-order valence-electron chi connectivity index (χ4n) is 1.91. The Labute approximate surface area is 97.9 Å². The van der Waals surface area contributed by atoms with Crippen molar-refractivity contribution in [3.05, 3.63) is 28.3 Å². The van der Waals surface area contributed by atoms with Gasteiger partial charge in [0.15, 0.2) is 5.75 Å². The van der Waals surface area contributed by atoms with Crippen LogP contribution in [-0.2, 0) is 4.79 Å². The van der Waals surface area contributed by atoms with Gasteiger partial charge in [-0.3, -0.25) is 14.9 Å². The SMILES string of the molecule is COc1cc(N2CCCC2=O)ccc1[N+](=O)[O-]. The van der Waals surface area contributed by atoms with E-state index in [9.17, 15) is 14.9 Å². The molecule has 1 heterocycles. The summed E-state index contributed by atoms with van der Waals surface area (Å²) in [6.07, 6.45) is 1.34. The van der Waals surface area contributed by atoms with E-state index in [-0.39, 0.29) is 17.3 Å². The van der Waals surface area contributed by atoms with Gasteiger partial charge < -0.3 is 9.64 Å². The van der Waals surface area contributed by atoms with Gasteiger partial charge in [-0.1, -0.05) is 0 Å². The van der Waals surface area contributed by atoms with Crippen molar-refractivity contribution in [2.45, 2.75) is 12.8 Å². The molecule has 1 saturated heterocycles. The lowest BCUT2D eigenvalue weighted by Gasteiger charge is -2.16. The minimum absolute atomic E-state index is 0.0425. The molecule has 0 aliphatic carbocycles. The number of rotatable bonds is 3. The first-order chi connectivity index (χ1) is 8.13. The normalized spacial score (nSPS) is 15.1. The van der Waals surface area contributed by atoms with Crippen molar-refractivity contribution in [3.63, 3.8) is 0 Å². The second-order valence-electron chi connectivity index (χ2n) is 3.76. The Kier molecular flexibility index (Phi) is 2.95. The average molecular weight is 236 g/mol. The van der Waals surface area contributed by atoms with Gasteiger partial charge in [0.2, 0.25) is 5.91 Å². The number of carbonyl (C=O) groups excluding carboxylic acids is 1. The molecule has 2 rings (SSSR count). The molecule has 1 aliphatic heterocycles. The smallest absolute Gasteiger partial charge is 0.311 e. The maximum Gasteiger partial charge on any atom is 0.311 e. The number of hydrogen-bond donors (Lipinski definition) is 0. The van der Waals surface area contributed by atoms with Gasteiger partial charge in [0.1, 0.15) is 0 Å². The molecule has 0 unspecified atom stereocenters. The number of nitro groups is 1. The Morgan fingerprint density at radius 3 is 2.76 bits per heavy atom. The number of methoxy groups -OCH3 is 1. The molecule has 0 aromatic heterocycles. The van der Waals surface area contributed by atoms with Gasteiger partial charge in [0.25, 0.3) is 0 Å². The van der Waals surface area contributed by atoms with Crippen LogP contribution in [0.3, 0.4) is 0 Å². The summed E-state index contributed by atoms with van der Waals surface area (Å²) in [6, 6.07) is 4.46. The van der Waals surface area contributed by atoms with Crippen molar-refractivity contribution in [2.24, 2.45) is 0 Å². The average Bonchev–Trinajstić information content (AvgIpc) is 2.74. The Hall–Kier alpha value is -2.11. The summed E-state index contributed by atoms with van der Waals surface area (Å²) < 4.78 is 4.96. The maximum atomic E-state index is 11.5. The molecular weight excluding hydrogens is 224 g/mol. The molecule has 6 nitrogen and oxygen atoms in total. The van der Waals surface area contributed by atoms with E-state index in [1.165, 1.54) is 19.2 Å². The van der Waals surface area contributed by atoms with Crippen LogP contribution in [0.1, 0.15) is 12.8 Å². The highest BCUT2D eigenvalue weighted by atomic mass is 16.6. The lowest BCUT2D eigenvalue weighted by Crippen LogP contribution is -2.23. The van der Waals surface area contributed by atoms with Gasteiger partial charge >= 0.3 is 5.69 Å². The van der Waals surface area contributed by atoms with Crippen molar-refractivity contribution < 1.29 is 14.5 Å². The molecular formula is C11H12N2O4. The Balaban J connectivity index is 2.37. The zero-order chi connectivity index (χ0) is 12.4. The third kappa shape index (κ3) is 2.06. The molecule has 1 aromatic carbocycles. The second kappa shape index (κ2) is 4.40. The lowest BCUT2D eigenvalue weighted by molar-refractivity contribution is -0.385. The lowest BCUT2D eigenvalue weighted by atomic mass is 10.2. The second-order valence-corrected chi connectivity index (χ2v) is 3.76. The molecule has 1 aromatic rings. The van der Waals surface area contributed by atoms with Crippen LogP contribution in [0.5, 0.6) is 5.75 Å². The summed E-state index contributed by atoms with van der Waals surface area (Å²) in [5.74, 6) is 0.216. The van der Waals surface area contributed by atoms with E-state index in [4.69, 9.17) is 4.74 Å². The summed E-state index contributed by atoms with van der Waals surface area (Å²) in [5, 5.41) is 10.7. The van der Waals surface area contributed by atoms with Crippen molar-refractivity contribution >= 4 is 17.3 Å². The number of ether oxygens (including phenoxy) is 1. The number of carbonyl (C=O) groups is 1. The third-order valence-electron chi connectivity index (χ3n) is 2.75. The van der Waals surface area contributed by atoms with Crippen LogP contribution in [0.15, 0.2) is 18.2 Å². The molecule has 90 valence electrons. The maximum absolute atomic E-state index is 11.5. The van der Waals surface area contributed by atoms with Crippen LogP contribution in [0.4, 0.5) is 11.4 Å². The summed E-state index contributed by atoms with van der Waals surface area (Å²) in [7, 11) is 1.37. The third-order valence-corrected chi connectivity index (χ3v) is 2.75. The summed E-state index contributed by atoms with van der Waals surface area (Å²) in [5.41, 5.74) is 0.554. The summed E-state index contributed by atoms with van der Waals surface area (Å²) in [6.45, 7) is 0.653. The van der Waals surface area contributed by atoms with Gasteiger partial charge in [-0.2, -0.15) is 0 Å². The highest BCUT2D eigenvalue weighted by molar-refractivity contribution is 5.95. The van der Waals surface area contributed by atoms with E-state index in [1.807, 2.05) is 0 Å². The molecule has 1 fully saturated rings. The first-order valence-electron chi connectivity index (χ1n) is 5.26. The zero-order valence-corrected chi connectivity index (χ0v) is 9.38. The largest absolute Gasteiger partial charge is 0.490 e. The van der Waals surface area contributed by atoms with Crippen LogP contribution in [-0.4, -0.2) is 24.5 Å². The fourth-order valence-corrected chi connectivity index (χ4v) is 1.91. The van der Waals surface area contributed by atoms with Crippen LogP contribution in [0.25, 0.3) is 0 Å². The molecule has 17 heavy (non-hydrogen) atoms. The predicted molar refractivity (Wildman–Crippen MR) is 61.2 cm³/mol. The van der Waals surface area contributed by atoms with E-state index in [0.29, 0.717) is 18.7 Å². The van der Waals surface area contributed by atoms with Crippen molar-refractivity contribution in [2.75, 3.05) is 18.6 Å². The van der Waals surface area contributed by atoms with E-state index in [1.54, 1.807) is 11.0 Å². The number of nitro benzene ring substituents is 1.